The molecule has 5 heteroatoms. The zero-order valence-corrected chi connectivity index (χ0v) is 10.6. The van der Waals surface area contributed by atoms with Crippen molar-refractivity contribution in [1.82, 2.24) is 15.2 Å². The molecule has 0 bridgehead atoms. The van der Waals surface area contributed by atoms with Gasteiger partial charge in [-0.15, -0.1) is 0 Å². The number of nitrogens with two attached hydrogens (primary N) is 1. The predicted molar refractivity (Wildman–Crippen MR) is 79.1 cm³/mol. The molecule has 2 heterocycles. The van der Waals surface area contributed by atoms with Crippen molar-refractivity contribution in [3.63, 3.8) is 0 Å². The summed E-state index contributed by atoms with van der Waals surface area (Å²) in [4.78, 5) is 14.9. The first-order chi connectivity index (χ1) is 9.78. The largest absolute Gasteiger partial charge is 0.398 e. The summed E-state index contributed by atoms with van der Waals surface area (Å²) < 4.78 is 0. The van der Waals surface area contributed by atoms with Gasteiger partial charge in [-0.2, -0.15) is 5.10 Å². The van der Waals surface area contributed by atoms with Gasteiger partial charge in [0.05, 0.1) is 11.2 Å². The third kappa shape index (κ3) is 2.16. The molecular formula is C15H12N4O. The number of anilines is 1. The summed E-state index contributed by atoms with van der Waals surface area (Å²) in [5.74, 6) is 0. The van der Waals surface area contributed by atoms with Gasteiger partial charge in [0.2, 0.25) is 0 Å². The first-order valence-corrected chi connectivity index (χ1v) is 6.09. The molecular weight excluding hydrogens is 252 g/mol. The second kappa shape index (κ2) is 4.97. The third-order valence-electron chi connectivity index (χ3n) is 3.06. The maximum atomic E-state index is 10.8. The monoisotopic (exact) mass is 264 g/mol. The normalized spacial score (nSPS) is 11.2. The first kappa shape index (κ1) is 12.1. The van der Waals surface area contributed by atoms with E-state index in [2.05, 4.69) is 15.2 Å². The highest BCUT2D eigenvalue weighted by Gasteiger charge is 2.03. The minimum atomic E-state index is 0.620. The van der Waals surface area contributed by atoms with Crippen molar-refractivity contribution in [2.45, 2.75) is 0 Å². The highest BCUT2D eigenvalue weighted by atomic mass is 16.1. The van der Waals surface area contributed by atoms with Gasteiger partial charge in [0.25, 0.3) is 0 Å². The van der Waals surface area contributed by atoms with Crippen LogP contribution in [0.4, 0.5) is 5.69 Å². The number of nitrogens with zero attached hydrogens (tertiary/aromatic N) is 2. The van der Waals surface area contributed by atoms with Gasteiger partial charge >= 0.3 is 0 Å². The molecule has 0 saturated carbocycles. The van der Waals surface area contributed by atoms with Gasteiger partial charge in [-0.25, -0.2) is 0 Å². The lowest BCUT2D eigenvalue weighted by atomic mass is 10.1. The third-order valence-corrected chi connectivity index (χ3v) is 3.06. The topological polar surface area (TPSA) is 84.7 Å². The van der Waals surface area contributed by atoms with Crippen LogP contribution >= 0.6 is 0 Å². The highest BCUT2D eigenvalue weighted by molar-refractivity contribution is 5.93. The van der Waals surface area contributed by atoms with E-state index >= 15 is 0 Å². The molecule has 0 spiro atoms. The van der Waals surface area contributed by atoms with Crippen LogP contribution in [0, 0.1) is 0 Å². The highest BCUT2D eigenvalue weighted by Crippen LogP contribution is 2.20. The number of H-pyrrole nitrogens is 1. The number of nitrogens with one attached hydrogen (secondary N) is 1. The molecule has 3 aromatic rings. The van der Waals surface area contributed by atoms with Gasteiger partial charge in [0.1, 0.15) is 6.29 Å². The van der Waals surface area contributed by atoms with Crippen molar-refractivity contribution in [1.29, 1.82) is 0 Å². The van der Waals surface area contributed by atoms with Gasteiger partial charge in [-0.3, -0.25) is 14.9 Å². The fraction of sp³-hybridized carbons (Fsp3) is 0. The van der Waals surface area contributed by atoms with Crippen LogP contribution in [-0.2, 0) is 0 Å². The Labute approximate surface area is 115 Å². The number of fused-ring (bicyclic) bond motifs is 1. The minimum absolute atomic E-state index is 0.620. The summed E-state index contributed by atoms with van der Waals surface area (Å²) in [6, 6.07) is 7.10. The van der Waals surface area contributed by atoms with Crippen LogP contribution in [0.25, 0.3) is 23.1 Å². The lowest BCUT2D eigenvalue weighted by Gasteiger charge is -1.97. The van der Waals surface area contributed by atoms with Crippen LogP contribution in [0.15, 0.2) is 36.7 Å². The number of rotatable bonds is 3. The van der Waals surface area contributed by atoms with Crippen molar-refractivity contribution in [2.24, 2.45) is 0 Å². The molecule has 0 aliphatic rings. The molecule has 20 heavy (non-hydrogen) atoms. The molecule has 2 aromatic heterocycles. The molecule has 0 aliphatic heterocycles. The summed E-state index contributed by atoms with van der Waals surface area (Å²) in [6.07, 6.45) is 7.90. The molecule has 1 aromatic carbocycles. The number of aromatic amines is 1. The number of aromatic nitrogens is 3. The summed E-state index contributed by atoms with van der Waals surface area (Å²) >= 11 is 0. The maximum absolute atomic E-state index is 10.8. The molecule has 3 N–H and O–H groups in total. The molecule has 98 valence electrons. The van der Waals surface area contributed by atoms with Crippen LogP contribution < -0.4 is 5.73 Å². The minimum Gasteiger partial charge on any atom is -0.398 e. The Morgan fingerprint density at radius 3 is 2.90 bits per heavy atom. The Kier molecular flexibility index (Phi) is 3.01. The summed E-state index contributed by atoms with van der Waals surface area (Å²) in [7, 11) is 0. The smallest absolute Gasteiger partial charge is 0.150 e. The molecule has 3 rings (SSSR count). The molecule has 0 aliphatic carbocycles. The fourth-order valence-electron chi connectivity index (χ4n) is 1.98. The second-order valence-electron chi connectivity index (χ2n) is 4.37. The average Bonchev–Trinajstić information content (AvgIpc) is 2.88. The molecule has 5 nitrogen and oxygen atoms in total. The summed E-state index contributed by atoms with van der Waals surface area (Å²) in [5.41, 5.74) is 9.61. The number of carbonyl (C=O) groups excluding carboxylic acids is 1. The van der Waals surface area contributed by atoms with Crippen molar-refractivity contribution in [3.8, 4) is 0 Å². The molecule has 0 fully saturated rings. The van der Waals surface area contributed by atoms with Gasteiger partial charge in [0.15, 0.2) is 0 Å². The summed E-state index contributed by atoms with van der Waals surface area (Å²) in [6.45, 7) is 0. The van der Waals surface area contributed by atoms with Gasteiger partial charge in [0, 0.05) is 34.6 Å². The Morgan fingerprint density at radius 1 is 1.20 bits per heavy atom. The zero-order valence-electron chi connectivity index (χ0n) is 10.6. The standard InChI is InChI=1S/C15H12N4O/c16-13-5-6-17-8-11(13)2-4-15-12-7-10(9-20)1-3-14(12)18-19-15/h1-9H,(H2,16,17)(H,18,19)/b4-2+. The van der Waals surface area contributed by atoms with Crippen LogP contribution in [0.2, 0.25) is 0 Å². The van der Waals surface area contributed by atoms with Crippen molar-refractivity contribution in [2.75, 3.05) is 5.73 Å². The van der Waals surface area contributed by atoms with Gasteiger partial charge in [-0.1, -0.05) is 0 Å². The Morgan fingerprint density at radius 2 is 2.10 bits per heavy atom. The lowest BCUT2D eigenvalue weighted by Crippen LogP contribution is -1.89. The number of aldehydes is 1. The van der Waals surface area contributed by atoms with E-state index in [1.165, 1.54) is 0 Å². The number of hydrogen-bond acceptors (Lipinski definition) is 4. The van der Waals surface area contributed by atoms with Crippen LogP contribution in [0.1, 0.15) is 21.6 Å². The van der Waals surface area contributed by atoms with Crippen LogP contribution in [0.5, 0.6) is 0 Å². The molecule has 0 saturated heterocycles. The average molecular weight is 264 g/mol. The quantitative estimate of drug-likeness (QED) is 0.712. The van der Waals surface area contributed by atoms with Gasteiger partial charge in [-0.05, 0) is 36.4 Å². The SMILES string of the molecule is Nc1ccncc1/C=C/c1[nH]nc2ccc(C=O)cc12. The number of carbonyl (C=O) groups is 1. The Hall–Kier alpha value is -2.95. The molecule has 0 amide bonds. The Bertz CT molecular complexity index is 804. The van der Waals surface area contributed by atoms with E-state index < -0.39 is 0 Å². The first-order valence-electron chi connectivity index (χ1n) is 6.09. The molecule has 0 unspecified atom stereocenters. The Balaban J connectivity index is 2.02. The molecule has 0 atom stereocenters. The second-order valence-corrected chi connectivity index (χ2v) is 4.37. The van der Waals surface area contributed by atoms with E-state index in [-0.39, 0.29) is 0 Å². The van der Waals surface area contributed by atoms with E-state index in [0.29, 0.717) is 11.3 Å². The molecule has 0 radical (unpaired) electrons. The number of nitrogen functional groups attached to an aromatic ring is 1. The van der Waals surface area contributed by atoms with Crippen LogP contribution in [-0.4, -0.2) is 21.5 Å². The van der Waals surface area contributed by atoms with Crippen molar-refractivity contribution >= 4 is 35.0 Å². The predicted octanol–water partition coefficient (Wildman–Crippen LogP) is 2.52. The maximum Gasteiger partial charge on any atom is 0.150 e. The van der Waals surface area contributed by atoms with E-state index in [1.54, 1.807) is 30.6 Å². The fourth-order valence-corrected chi connectivity index (χ4v) is 1.98. The number of hydrogen-bond donors (Lipinski definition) is 2. The van der Waals surface area contributed by atoms with E-state index in [4.69, 9.17) is 5.73 Å². The van der Waals surface area contributed by atoms with Crippen molar-refractivity contribution in [3.05, 3.63) is 53.5 Å². The number of benzene rings is 1. The number of pyridine rings is 1. The lowest BCUT2D eigenvalue weighted by molar-refractivity contribution is 0.112. The summed E-state index contributed by atoms with van der Waals surface area (Å²) in [5, 5.41) is 8.03. The van der Waals surface area contributed by atoms with E-state index in [1.807, 2.05) is 18.2 Å². The van der Waals surface area contributed by atoms with Gasteiger partial charge < -0.3 is 5.73 Å². The zero-order chi connectivity index (χ0) is 13.9. The van der Waals surface area contributed by atoms with Crippen LogP contribution in [0.3, 0.4) is 0 Å². The van der Waals surface area contributed by atoms with E-state index in [0.717, 1.165) is 28.4 Å². The van der Waals surface area contributed by atoms with E-state index in [9.17, 15) is 4.79 Å². The van der Waals surface area contributed by atoms with Crippen molar-refractivity contribution < 1.29 is 4.79 Å².